The van der Waals surface area contributed by atoms with Gasteiger partial charge in [0.25, 0.3) is 11.5 Å². The van der Waals surface area contributed by atoms with Gasteiger partial charge in [-0.05, 0) is 36.6 Å². The maximum Gasteiger partial charge on any atom is 0.263 e. The first-order valence-corrected chi connectivity index (χ1v) is 9.96. The smallest absolute Gasteiger partial charge is 0.263 e. The summed E-state index contributed by atoms with van der Waals surface area (Å²) in [5.74, 6) is 0.0618. The highest BCUT2D eigenvalue weighted by Crippen LogP contribution is 2.42. The van der Waals surface area contributed by atoms with Crippen molar-refractivity contribution in [3.8, 4) is 11.8 Å². The normalized spacial score (nSPS) is 14.2. The first-order valence-electron chi connectivity index (χ1n) is 9.51. The Bertz CT molecular complexity index is 1220. The minimum atomic E-state index is -0.484. The molecule has 30 heavy (non-hydrogen) atoms. The largest absolute Gasteiger partial charge is 0.490 e. The van der Waals surface area contributed by atoms with E-state index in [-0.39, 0.29) is 16.9 Å². The van der Waals surface area contributed by atoms with Crippen LogP contribution in [0.2, 0.25) is 0 Å². The van der Waals surface area contributed by atoms with Crippen LogP contribution >= 0.6 is 12.6 Å². The van der Waals surface area contributed by atoms with Gasteiger partial charge >= 0.3 is 0 Å². The topological polar surface area (TPSA) is 97.0 Å². The van der Waals surface area contributed by atoms with Crippen LogP contribution in [0.25, 0.3) is 11.0 Å². The summed E-state index contributed by atoms with van der Waals surface area (Å²) in [5.41, 5.74) is 2.00. The number of hydrogen-bond donors (Lipinski definition) is 2. The summed E-state index contributed by atoms with van der Waals surface area (Å²) in [6.45, 7) is 0.697. The number of nitrogens with zero attached hydrogens (tertiary/aromatic N) is 3. The highest BCUT2D eigenvalue weighted by Gasteiger charge is 2.39. The Morgan fingerprint density at radius 1 is 1.33 bits per heavy atom. The number of carbonyl (C=O) groups excluding carboxylic acids is 1. The minimum Gasteiger partial charge on any atom is -0.490 e. The lowest BCUT2D eigenvalue weighted by molar-refractivity contribution is 0.0949. The van der Waals surface area contributed by atoms with Crippen LogP contribution in [0.15, 0.2) is 47.4 Å². The van der Waals surface area contributed by atoms with Crippen molar-refractivity contribution in [2.24, 2.45) is 7.05 Å². The highest BCUT2D eigenvalue weighted by atomic mass is 32.1. The van der Waals surface area contributed by atoms with Gasteiger partial charge in [-0.3, -0.25) is 14.6 Å². The van der Waals surface area contributed by atoms with Gasteiger partial charge in [0.15, 0.2) is 0 Å². The molecule has 4 rings (SSSR count). The third-order valence-corrected chi connectivity index (χ3v) is 5.75. The van der Waals surface area contributed by atoms with Crippen molar-refractivity contribution in [1.29, 1.82) is 5.26 Å². The lowest BCUT2D eigenvalue weighted by Crippen LogP contribution is -2.32. The van der Waals surface area contributed by atoms with Gasteiger partial charge in [0.05, 0.1) is 17.1 Å². The molecule has 1 aliphatic rings. The van der Waals surface area contributed by atoms with Gasteiger partial charge in [-0.15, -0.1) is 0 Å². The first kappa shape index (κ1) is 20.0. The van der Waals surface area contributed by atoms with E-state index in [1.54, 1.807) is 43.6 Å². The Morgan fingerprint density at radius 3 is 2.73 bits per heavy atom. The van der Waals surface area contributed by atoms with Crippen LogP contribution in [0.5, 0.6) is 5.75 Å². The summed E-state index contributed by atoms with van der Waals surface area (Å²) in [7, 11) is 1.60. The Kier molecular flexibility index (Phi) is 5.22. The van der Waals surface area contributed by atoms with Crippen LogP contribution in [0.3, 0.4) is 0 Å². The molecule has 0 unspecified atom stereocenters. The third-order valence-electron chi connectivity index (χ3n) is 5.17. The van der Waals surface area contributed by atoms with Crippen LogP contribution in [0, 0.1) is 11.3 Å². The van der Waals surface area contributed by atoms with Crippen LogP contribution in [0.4, 0.5) is 0 Å². The van der Waals surface area contributed by atoms with E-state index < -0.39 is 11.5 Å². The number of ether oxygens (including phenoxy) is 1. The molecule has 0 spiro atoms. The van der Waals surface area contributed by atoms with Gasteiger partial charge in [0.1, 0.15) is 23.4 Å². The van der Waals surface area contributed by atoms with E-state index >= 15 is 0 Å². The van der Waals surface area contributed by atoms with Crippen molar-refractivity contribution in [1.82, 2.24) is 14.9 Å². The molecule has 0 atom stereocenters. The number of amides is 1. The molecule has 0 aliphatic heterocycles. The molecule has 8 heteroatoms. The van der Waals surface area contributed by atoms with Crippen molar-refractivity contribution in [2.75, 3.05) is 6.61 Å². The summed E-state index contributed by atoms with van der Waals surface area (Å²) in [6.07, 6.45) is 3.60. The zero-order valence-electron chi connectivity index (χ0n) is 16.4. The van der Waals surface area contributed by atoms with Gasteiger partial charge < -0.3 is 14.6 Å². The fourth-order valence-corrected chi connectivity index (χ4v) is 3.31. The van der Waals surface area contributed by atoms with Gasteiger partial charge in [0, 0.05) is 30.6 Å². The number of rotatable bonds is 6. The molecular weight excluding hydrogens is 400 g/mol. The molecule has 1 N–H and O–H groups in total. The number of fused-ring (bicyclic) bond motifs is 1. The second-order valence-electron chi connectivity index (χ2n) is 7.47. The number of benzene rings is 1. The monoisotopic (exact) mass is 420 g/mol. The van der Waals surface area contributed by atoms with E-state index in [9.17, 15) is 9.59 Å². The Morgan fingerprint density at radius 2 is 2.07 bits per heavy atom. The second-order valence-corrected chi connectivity index (χ2v) is 8.42. The number of carbonyl (C=O) groups is 1. The van der Waals surface area contributed by atoms with Crippen LogP contribution in [0.1, 0.15) is 34.3 Å². The number of thiol groups is 1. The maximum absolute atomic E-state index is 12.9. The average Bonchev–Trinajstić information content (AvgIpc) is 3.50. The number of nitriles is 1. The van der Waals surface area contributed by atoms with Crippen LogP contribution in [-0.2, 0) is 13.6 Å². The predicted molar refractivity (Wildman–Crippen MR) is 116 cm³/mol. The van der Waals surface area contributed by atoms with Crippen molar-refractivity contribution in [2.45, 2.75) is 24.1 Å². The SMILES string of the molecule is Cn1c(=O)c(C(=O)NCc2ccc(C#N)cc2)cc2nccc(OCC3(S)CC3)c21. The van der Waals surface area contributed by atoms with Crippen LogP contribution < -0.4 is 15.6 Å². The molecule has 3 aromatic rings. The third kappa shape index (κ3) is 4.02. The number of aryl methyl sites for hydroxylation is 1. The molecule has 2 aromatic heterocycles. The lowest BCUT2D eigenvalue weighted by atomic mass is 10.1. The van der Waals surface area contributed by atoms with E-state index in [0.29, 0.717) is 29.0 Å². The fourth-order valence-electron chi connectivity index (χ4n) is 3.13. The standard InChI is InChI=1S/C22H20N4O3S/c1-26-19-17(24-9-6-18(19)29-13-22(30)7-8-22)10-16(21(26)28)20(27)25-12-15-4-2-14(11-23)3-5-15/h2-6,9-10,30H,7-8,12-13H2,1H3,(H,25,27). The molecule has 1 saturated carbocycles. The van der Waals surface area contributed by atoms with E-state index in [1.165, 1.54) is 10.6 Å². The number of aromatic nitrogens is 2. The van der Waals surface area contributed by atoms with Crippen molar-refractivity contribution in [3.63, 3.8) is 0 Å². The van der Waals surface area contributed by atoms with Gasteiger partial charge in [0.2, 0.25) is 0 Å². The molecule has 1 fully saturated rings. The Labute approximate surface area is 178 Å². The zero-order valence-corrected chi connectivity index (χ0v) is 17.3. The minimum absolute atomic E-state index is 0.0103. The molecule has 1 aromatic carbocycles. The maximum atomic E-state index is 12.9. The molecule has 2 heterocycles. The van der Waals surface area contributed by atoms with Crippen LogP contribution in [-0.4, -0.2) is 26.8 Å². The molecule has 0 radical (unpaired) electrons. The second kappa shape index (κ2) is 7.84. The molecular formula is C22H20N4O3S. The zero-order chi connectivity index (χ0) is 21.3. The lowest BCUT2D eigenvalue weighted by Gasteiger charge is -2.15. The van der Waals surface area contributed by atoms with Crippen molar-refractivity contribution in [3.05, 3.63) is 69.6 Å². The van der Waals surface area contributed by atoms with E-state index in [1.807, 2.05) is 6.07 Å². The molecule has 0 bridgehead atoms. The quantitative estimate of drug-likeness (QED) is 0.598. The number of pyridine rings is 2. The molecule has 0 saturated heterocycles. The van der Waals surface area contributed by atoms with E-state index in [4.69, 9.17) is 10.00 Å². The summed E-state index contributed by atoms with van der Waals surface area (Å²) in [5, 5.41) is 11.6. The summed E-state index contributed by atoms with van der Waals surface area (Å²) >= 11 is 4.57. The van der Waals surface area contributed by atoms with Crippen molar-refractivity contribution < 1.29 is 9.53 Å². The van der Waals surface area contributed by atoms with Gasteiger partial charge in [-0.2, -0.15) is 17.9 Å². The highest BCUT2D eigenvalue weighted by molar-refractivity contribution is 7.82. The van der Waals surface area contributed by atoms with Gasteiger partial charge in [-0.25, -0.2) is 0 Å². The Hall–Kier alpha value is -3.31. The van der Waals surface area contributed by atoms with E-state index in [2.05, 4.69) is 22.9 Å². The Balaban J connectivity index is 1.58. The molecule has 1 amide bonds. The summed E-state index contributed by atoms with van der Waals surface area (Å²) in [6, 6.07) is 12.1. The number of hydrogen-bond acceptors (Lipinski definition) is 6. The average molecular weight is 420 g/mol. The fraction of sp³-hybridized carbons (Fsp3) is 0.273. The van der Waals surface area contributed by atoms with E-state index in [0.717, 1.165) is 18.4 Å². The van der Waals surface area contributed by atoms with Gasteiger partial charge in [-0.1, -0.05) is 12.1 Å². The van der Waals surface area contributed by atoms with Crippen molar-refractivity contribution >= 4 is 29.6 Å². The summed E-state index contributed by atoms with van der Waals surface area (Å²) < 4.78 is 7.20. The molecule has 152 valence electrons. The summed E-state index contributed by atoms with van der Waals surface area (Å²) in [4.78, 5) is 29.8. The number of nitrogens with one attached hydrogen (secondary N) is 1. The molecule has 7 nitrogen and oxygen atoms in total. The predicted octanol–water partition coefficient (Wildman–Crippen LogP) is 2.58. The molecule has 1 aliphatic carbocycles. The first-order chi connectivity index (χ1) is 14.4.